The Hall–Kier alpha value is -2.45. The quantitative estimate of drug-likeness (QED) is 0.237. The number of piperidine rings is 1. The molecule has 1 aromatic heterocycles. The molecule has 1 N–H and O–H groups in total. The van der Waals surface area contributed by atoms with Gasteiger partial charge in [0.05, 0.1) is 17.0 Å². The number of halogens is 2. The zero-order valence-corrected chi connectivity index (χ0v) is 30.1. The van der Waals surface area contributed by atoms with Crippen LogP contribution in [0.4, 0.5) is 5.69 Å². The number of carboxylic acids is 1. The van der Waals surface area contributed by atoms with E-state index in [2.05, 4.69) is 70.8 Å². The minimum absolute atomic E-state index is 0.242. The lowest BCUT2D eigenvalue weighted by molar-refractivity contribution is -0.160. The molecule has 2 aromatic carbocycles. The molecular weight excluding hydrogens is 650 g/mol. The number of hydrogen-bond acceptors (Lipinski definition) is 5. The van der Waals surface area contributed by atoms with Crippen molar-refractivity contribution >= 4 is 39.2 Å². The van der Waals surface area contributed by atoms with Crippen LogP contribution in [0.3, 0.4) is 0 Å². The predicted molar refractivity (Wildman–Crippen MR) is 187 cm³/mol. The maximum absolute atomic E-state index is 12.9. The van der Waals surface area contributed by atoms with E-state index in [0.29, 0.717) is 16.6 Å². The Morgan fingerprint density at radius 3 is 2.44 bits per heavy atom. The lowest BCUT2D eigenvalue weighted by Gasteiger charge is -2.41. The second-order valence-electron chi connectivity index (χ2n) is 14.5. The number of aliphatic carboxylic acids is 1. The van der Waals surface area contributed by atoms with E-state index < -0.39 is 17.7 Å². The van der Waals surface area contributed by atoms with Crippen molar-refractivity contribution in [2.75, 3.05) is 24.5 Å². The van der Waals surface area contributed by atoms with E-state index in [1.165, 1.54) is 22.3 Å². The van der Waals surface area contributed by atoms with Gasteiger partial charge in [0.25, 0.3) is 0 Å². The van der Waals surface area contributed by atoms with E-state index >= 15 is 0 Å². The molecule has 0 radical (unpaired) electrons. The van der Waals surface area contributed by atoms with Crippen molar-refractivity contribution < 1.29 is 14.6 Å². The van der Waals surface area contributed by atoms with E-state index in [0.717, 1.165) is 79.5 Å². The molecular formula is C37H47BrClN3O3. The SMILES string of the molecule is Cc1cccc(Cl)c1CN1CCc2cc(-c3c(CBr)nc(C)c(C(OC(C)(C)C)C(=O)O)c3N3CCC(C)(C)CC3)ccc2C1. The first-order valence-electron chi connectivity index (χ1n) is 16.0. The summed E-state index contributed by atoms with van der Waals surface area (Å²) in [6.45, 7) is 18.7. The predicted octanol–water partition coefficient (Wildman–Crippen LogP) is 9.04. The van der Waals surface area contributed by atoms with Crippen LogP contribution in [-0.4, -0.2) is 46.2 Å². The highest BCUT2D eigenvalue weighted by atomic mass is 79.9. The molecule has 2 aliphatic heterocycles. The molecule has 45 heavy (non-hydrogen) atoms. The van der Waals surface area contributed by atoms with E-state index in [1.807, 2.05) is 39.8 Å². The molecule has 0 amide bonds. The van der Waals surface area contributed by atoms with Crippen LogP contribution in [0.2, 0.25) is 5.02 Å². The standard InChI is InChI=1S/C37H47BrClN3O3/c1-23-9-8-10-29(39)28(23)22-41-16-13-25-19-26(11-12-27(25)21-41)32-30(20-38)40-24(2)31(34(35(43)44)45-36(3,4)5)33(32)42-17-14-37(6,7)15-18-42/h8-12,19,34H,13-18,20-22H2,1-7H3,(H,43,44). The molecule has 5 rings (SSSR count). The maximum atomic E-state index is 12.9. The number of pyridine rings is 1. The number of carboxylic acid groups (broad SMARTS) is 1. The van der Waals surface area contributed by atoms with Gasteiger partial charge in [0.1, 0.15) is 0 Å². The fourth-order valence-corrected chi connectivity index (χ4v) is 7.41. The number of benzene rings is 2. The van der Waals surface area contributed by atoms with Crippen LogP contribution in [-0.2, 0) is 34.4 Å². The van der Waals surface area contributed by atoms with Gasteiger partial charge in [-0.2, -0.15) is 0 Å². The molecule has 0 aliphatic carbocycles. The lowest BCUT2D eigenvalue weighted by Crippen LogP contribution is -2.39. The number of rotatable bonds is 8. The summed E-state index contributed by atoms with van der Waals surface area (Å²) in [4.78, 5) is 22.8. The van der Waals surface area contributed by atoms with Crippen molar-refractivity contribution in [3.05, 3.63) is 80.6 Å². The van der Waals surface area contributed by atoms with Crippen molar-refractivity contribution in [2.45, 2.75) is 97.9 Å². The Morgan fingerprint density at radius 2 is 1.82 bits per heavy atom. The summed E-state index contributed by atoms with van der Waals surface area (Å²) in [5.74, 6) is -0.995. The van der Waals surface area contributed by atoms with Gasteiger partial charge in [-0.15, -0.1) is 0 Å². The van der Waals surface area contributed by atoms with Crippen LogP contribution in [0.5, 0.6) is 0 Å². The van der Waals surface area contributed by atoms with E-state index in [-0.39, 0.29) is 5.41 Å². The van der Waals surface area contributed by atoms with Crippen LogP contribution in [0.25, 0.3) is 11.1 Å². The lowest BCUT2D eigenvalue weighted by atomic mass is 9.81. The van der Waals surface area contributed by atoms with Crippen LogP contribution < -0.4 is 4.90 Å². The van der Waals surface area contributed by atoms with Crippen molar-refractivity contribution in [2.24, 2.45) is 5.41 Å². The number of hydrogen-bond donors (Lipinski definition) is 1. The zero-order valence-electron chi connectivity index (χ0n) is 27.8. The fourth-order valence-electron chi connectivity index (χ4n) is 6.72. The van der Waals surface area contributed by atoms with Crippen molar-refractivity contribution in [3.8, 4) is 11.1 Å². The second-order valence-corrected chi connectivity index (χ2v) is 15.5. The summed E-state index contributed by atoms with van der Waals surface area (Å²) in [5, 5.41) is 11.9. The molecule has 1 atom stereocenters. The van der Waals surface area contributed by atoms with Crippen LogP contribution in [0, 0.1) is 19.3 Å². The number of nitrogens with zero attached hydrogens (tertiary/aromatic N) is 3. The minimum Gasteiger partial charge on any atom is -0.479 e. The number of aromatic nitrogens is 1. The van der Waals surface area contributed by atoms with E-state index in [4.69, 9.17) is 21.3 Å². The summed E-state index contributed by atoms with van der Waals surface area (Å²) in [7, 11) is 0. The van der Waals surface area contributed by atoms with Crippen molar-refractivity contribution in [1.29, 1.82) is 0 Å². The molecule has 242 valence electrons. The number of alkyl halides is 1. The Morgan fingerprint density at radius 1 is 1.11 bits per heavy atom. The van der Waals surface area contributed by atoms with Crippen LogP contribution in [0.1, 0.15) is 92.8 Å². The Kier molecular flexibility index (Phi) is 10.1. The molecule has 2 aliphatic rings. The number of fused-ring (bicyclic) bond motifs is 1. The molecule has 0 bridgehead atoms. The van der Waals surface area contributed by atoms with Crippen LogP contribution >= 0.6 is 27.5 Å². The van der Waals surface area contributed by atoms with Crippen molar-refractivity contribution in [3.63, 3.8) is 0 Å². The Balaban J connectivity index is 1.60. The summed E-state index contributed by atoms with van der Waals surface area (Å²) in [6.07, 6.45) is 1.85. The first kappa shape index (κ1) is 33.9. The average molecular weight is 697 g/mol. The van der Waals surface area contributed by atoms with Gasteiger partial charge in [0, 0.05) is 59.9 Å². The Bertz CT molecular complexity index is 1550. The average Bonchev–Trinajstić information content (AvgIpc) is 2.97. The van der Waals surface area contributed by atoms with Crippen molar-refractivity contribution in [1.82, 2.24) is 9.88 Å². The molecule has 0 spiro atoms. The summed E-state index contributed by atoms with van der Waals surface area (Å²) >= 11 is 10.3. The smallest absolute Gasteiger partial charge is 0.337 e. The largest absolute Gasteiger partial charge is 0.479 e. The first-order chi connectivity index (χ1) is 21.2. The molecule has 8 heteroatoms. The van der Waals surface area contributed by atoms with Gasteiger partial charge in [-0.1, -0.05) is 71.7 Å². The van der Waals surface area contributed by atoms with Gasteiger partial charge in [-0.05, 0) is 93.2 Å². The van der Waals surface area contributed by atoms with Crippen LogP contribution in [0.15, 0.2) is 36.4 Å². The summed E-state index contributed by atoms with van der Waals surface area (Å²) in [5.41, 5.74) is 9.97. The normalized spacial score (nSPS) is 17.7. The molecule has 0 saturated carbocycles. The van der Waals surface area contributed by atoms with E-state index in [1.54, 1.807) is 0 Å². The monoisotopic (exact) mass is 695 g/mol. The molecule has 1 saturated heterocycles. The van der Waals surface area contributed by atoms with E-state index in [9.17, 15) is 9.90 Å². The molecule has 6 nitrogen and oxygen atoms in total. The highest BCUT2D eigenvalue weighted by Gasteiger charge is 2.37. The number of anilines is 1. The molecule has 1 fully saturated rings. The van der Waals surface area contributed by atoms with Gasteiger partial charge in [-0.3, -0.25) is 9.88 Å². The summed E-state index contributed by atoms with van der Waals surface area (Å²) in [6, 6.07) is 12.9. The van der Waals surface area contributed by atoms with Gasteiger partial charge in [-0.25, -0.2) is 4.79 Å². The molecule has 3 heterocycles. The fraction of sp³-hybridized carbons (Fsp3) is 0.514. The second kappa shape index (κ2) is 13.3. The first-order valence-corrected chi connectivity index (χ1v) is 17.5. The highest BCUT2D eigenvalue weighted by Crippen LogP contribution is 2.46. The molecule has 1 unspecified atom stereocenters. The topological polar surface area (TPSA) is 65.9 Å². The maximum Gasteiger partial charge on any atom is 0.337 e. The van der Waals surface area contributed by atoms with Gasteiger partial charge in [0.2, 0.25) is 0 Å². The number of ether oxygens (including phenoxy) is 1. The third kappa shape index (κ3) is 7.59. The summed E-state index contributed by atoms with van der Waals surface area (Å²) < 4.78 is 6.28. The van der Waals surface area contributed by atoms with Gasteiger partial charge >= 0.3 is 5.97 Å². The zero-order chi connectivity index (χ0) is 32.7. The van der Waals surface area contributed by atoms with Gasteiger partial charge < -0.3 is 14.7 Å². The third-order valence-corrected chi connectivity index (χ3v) is 10.2. The third-order valence-electron chi connectivity index (χ3n) is 9.31. The van der Waals surface area contributed by atoms with Gasteiger partial charge in [0.15, 0.2) is 6.10 Å². The number of carbonyl (C=O) groups is 1. The Labute approximate surface area is 282 Å². The highest BCUT2D eigenvalue weighted by molar-refractivity contribution is 9.08. The minimum atomic E-state index is -1.13. The number of aryl methyl sites for hydroxylation is 2. The molecule has 3 aromatic rings.